The molecule has 0 amide bonds. The van der Waals surface area contributed by atoms with Crippen molar-refractivity contribution in [1.29, 1.82) is 0 Å². The van der Waals surface area contributed by atoms with E-state index in [9.17, 15) is 22.4 Å². The average molecular weight is 600 g/mol. The minimum Gasteiger partial charge on any atom is -0.380 e. The van der Waals surface area contributed by atoms with Gasteiger partial charge in [0.25, 0.3) is 12.3 Å². The van der Waals surface area contributed by atoms with E-state index in [-0.39, 0.29) is 30.4 Å². The van der Waals surface area contributed by atoms with Gasteiger partial charge in [0.1, 0.15) is 29.6 Å². The number of rotatable bonds is 11. The van der Waals surface area contributed by atoms with E-state index in [0.29, 0.717) is 17.9 Å². The lowest BCUT2D eigenvalue weighted by Crippen LogP contribution is -2.24. The second kappa shape index (κ2) is 11.3. The standard InChI is InChI=1S/C32H27F6N3O2/c1-43-16-17-4-6-19(7-5-17)24-3-2-8-39-28(24)20(9-18-10-21(33)13-22(34)11-18)12-23(42)15-41-30-27(29(40-41)31(35)36)25-14-26(25)32(30,37)38/h2-8,10-11,13,20,25-26,31H,9,12,14-16H2,1H3/t20-,25?,26?/m1/s1. The smallest absolute Gasteiger partial charge is 0.293 e. The van der Waals surface area contributed by atoms with Crippen molar-refractivity contribution in [3.63, 3.8) is 0 Å². The number of alkyl halides is 4. The Kier molecular flexibility index (Phi) is 7.62. The number of methoxy groups -OCH3 is 1. The zero-order chi connectivity index (χ0) is 30.5. The van der Waals surface area contributed by atoms with Gasteiger partial charge in [-0.25, -0.2) is 17.6 Å². The van der Waals surface area contributed by atoms with Gasteiger partial charge in [-0.2, -0.15) is 13.9 Å². The van der Waals surface area contributed by atoms with Gasteiger partial charge >= 0.3 is 0 Å². The van der Waals surface area contributed by atoms with Crippen molar-refractivity contribution in [1.82, 2.24) is 14.8 Å². The first-order valence-electron chi connectivity index (χ1n) is 13.8. The van der Waals surface area contributed by atoms with Gasteiger partial charge in [-0.3, -0.25) is 14.5 Å². The number of pyridine rings is 1. The van der Waals surface area contributed by atoms with Crippen molar-refractivity contribution in [3.05, 3.63) is 106 Å². The molecule has 5 nitrogen and oxygen atoms in total. The quantitative estimate of drug-likeness (QED) is 0.168. The Balaban J connectivity index is 1.34. The molecule has 3 atom stereocenters. The topological polar surface area (TPSA) is 57.0 Å². The van der Waals surface area contributed by atoms with Crippen molar-refractivity contribution in [2.24, 2.45) is 5.92 Å². The van der Waals surface area contributed by atoms with Gasteiger partial charge in [-0.05, 0) is 53.6 Å². The summed E-state index contributed by atoms with van der Waals surface area (Å²) in [6.07, 6.45) is -1.67. The van der Waals surface area contributed by atoms with Crippen LogP contribution in [0.5, 0.6) is 0 Å². The van der Waals surface area contributed by atoms with Gasteiger partial charge in [-0.1, -0.05) is 30.3 Å². The summed E-state index contributed by atoms with van der Waals surface area (Å²) in [7, 11) is 1.58. The molecule has 2 unspecified atom stereocenters. The van der Waals surface area contributed by atoms with Gasteiger partial charge in [-0.15, -0.1) is 0 Å². The molecule has 1 fully saturated rings. The normalized spacial score (nSPS) is 18.9. The van der Waals surface area contributed by atoms with Gasteiger partial charge < -0.3 is 4.74 Å². The fourth-order valence-corrected chi connectivity index (χ4v) is 6.30. The highest BCUT2D eigenvalue weighted by molar-refractivity contribution is 5.80. The Bertz CT molecular complexity index is 1650. The van der Waals surface area contributed by atoms with Crippen molar-refractivity contribution in [2.75, 3.05) is 7.11 Å². The number of aromatic nitrogens is 3. The van der Waals surface area contributed by atoms with Crippen LogP contribution in [0.25, 0.3) is 11.1 Å². The average Bonchev–Trinajstić information content (AvgIpc) is 3.61. The van der Waals surface area contributed by atoms with Gasteiger partial charge in [0, 0.05) is 48.8 Å². The maximum Gasteiger partial charge on any atom is 0.293 e. The number of ketones is 1. The molecule has 2 heterocycles. The van der Waals surface area contributed by atoms with E-state index in [2.05, 4.69) is 10.1 Å². The Morgan fingerprint density at radius 3 is 2.44 bits per heavy atom. The predicted molar refractivity (Wildman–Crippen MR) is 145 cm³/mol. The van der Waals surface area contributed by atoms with E-state index in [1.54, 1.807) is 19.2 Å². The number of benzene rings is 2. The first-order valence-corrected chi connectivity index (χ1v) is 13.8. The van der Waals surface area contributed by atoms with Crippen LogP contribution in [-0.2, 0) is 35.0 Å². The maximum absolute atomic E-state index is 15.1. The zero-order valence-electron chi connectivity index (χ0n) is 23.0. The molecule has 0 aliphatic heterocycles. The van der Waals surface area contributed by atoms with Gasteiger partial charge in [0.15, 0.2) is 5.78 Å². The molecule has 2 aromatic carbocycles. The first kappa shape index (κ1) is 29.1. The van der Waals surface area contributed by atoms with E-state index < -0.39 is 65.5 Å². The summed E-state index contributed by atoms with van der Waals surface area (Å²) in [4.78, 5) is 18.0. The number of carbonyl (C=O) groups is 1. The second-order valence-electron chi connectivity index (χ2n) is 11.2. The summed E-state index contributed by atoms with van der Waals surface area (Å²) in [5.74, 6) is -7.96. The molecule has 2 aliphatic carbocycles. The summed E-state index contributed by atoms with van der Waals surface area (Å²) >= 11 is 0. The highest BCUT2D eigenvalue weighted by Gasteiger charge is 2.67. The number of Topliss-reactive ketones (excluding diaryl/α,β-unsaturated/α-hetero) is 1. The highest BCUT2D eigenvalue weighted by atomic mass is 19.3. The fourth-order valence-electron chi connectivity index (χ4n) is 6.30. The number of fused-ring (bicyclic) bond motifs is 3. The van der Waals surface area contributed by atoms with Crippen molar-refractivity contribution < 1.29 is 35.9 Å². The van der Waals surface area contributed by atoms with E-state index in [4.69, 9.17) is 4.74 Å². The highest BCUT2D eigenvalue weighted by Crippen LogP contribution is 2.68. The van der Waals surface area contributed by atoms with Gasteiger partial charge in [0.2, 0.25) is 0 Å². The summed E-state index contributed by atoms with van der Waals surface area (Å²) in [6, 6.07) is 14.1. The van der Waals surface area contributed by atoms with E-state index >= 15 is 8.78 Å². The van der Waals surface area contributed by atoms with Crippen LogP contribution in [0.4, 0.5) is 26.3 Å². The molecule has 6 rings (SSSR count). The molecule has 2 aromatic heterocycles. The Morgan fingerprint density at radius 2 is 1.77 bits per heavy atom. The molecule has 11 heteroatoms. The Hall–Kier alpha value is -3.99. The molecule has 0 saturated heterocycles. The molecule has 0 radical (unpaired) electrons. The van der Waals surface area contributed by atoms with Crippen LogP contribution in [0, 0.1) is 17.6 Å². The predicted octanol–water partition coefficient (Wildman–Crippen LogP) is 7.50. The van der Waals surface area contributed by atoms with Crippen LogP contribution in [0.3, 0.4) is 0 Å². The SMILES string of the molecule is COCc1ccc(-c2cccnc2[C@@H](CC(=O)Cn2nc(C(F)F)c3c2C(F)(F)C2CC32)Cc2cc(F)cc(F)c2)cc1. The maximum atomic E-state index is 15.1. The molecular weight excluding hydrogens is 572 g/mol. The summed E-state index contributed by atoms with van der Waals surface area (Å²) < 4.78 is 91.7. The lowest BCUT2D eigenvalue weighted by molar-refractivity contribution is -0.120. The largest absolute Gasteiger partial charge is 0.380 e. The third kappa shape index (κ3) is 5.58. The third-order valence-electron chi connectivity index (χ3n) is 8.17. The number of hydrogen-bond acceptors (Lipinski definition) is 4. The molecular formula is C32H27F6N3O2. The Labute approximate surface area is 243 Å². The number of ether oxygens (including phenoxy) is 1. The van der Waals surface area contributed by atoms with Crippen LogP contribution < -0.4 is 0 Å². The summed E-state index contributed by atoms with van der Waals surface area (Å²) in [6.45, 7) is -0.237. The van der Waals surface area contributed by atoms with Crippen molar-refractivity contribution in [3.8, 4) is 11.1 Å². The van der Waals surface area contributed by atoms with E-state index in [1.165, 1.54) is 6.20 Å². The van der Waals surface area contributed by atoms with Crippen LogP contribution in [-0.4, -0.2) is 27.7 Å². The Morgan fingerprint density at radius 1 is 1.05 bits per heavy atom. The van der Waals surface area contributed by atoms with E-state index in [1.807, 2.05) is 24.3 Å². The zero-order valence-corrected chi connectivity index (χ0v) is 23.0. The van der Waals surface area contributed by atoms with E-state index in [0.717, 1.165) is 34.0 Å². The lowest BCUT2D eigenvalue weighted by Gasteiger charge is -2.21. The minimum absolute atomic E-state index is 0.00595. The van der Waals surface area contributed by atoms with Crippen LogP contribution >= 0.6 is 0 Å². The van der Waals surface area contributed by atoms with Crippen LogP contribution in [0.2, 0.25) is 0 Å². The monoisotopic (exact) mass is 599 g/mol. The molecule has 43 heavy (non-hydrogen) atoms. The first-order chi connectivity index (χ1) is 20.6. The molecule has 0 bridgehead atoms. The summed E-state index contributed by atoms with van der Waals surface area (Å²) in [5, 5.41) is 3.76. The van der Waals surface area contributed by atoms with Crippen molar-refractivity contribution >= 4 is 5.78 Å². The third-order valence-corrected chi connectivity index (χ3v) is 8.17. The molecule has 2 aliphatic rings. The van der Waals surface area contributed by atoms with Crippen LogP contribution in [0.1, 0.15) is 64.9 Å². The molecule has 224 valence electrons. The van der Waals surface area contributed by atoms with Crippen molar-refractivity contribution in [2.45, 2.75) is 56.6 Å². The molecule has 1 saturated carbocycles. The molecule has 0 N–H and O–H groups in total. The second-order valence-corrected chi connectivity index (χ2v) is 11.2. The number of nitrogens with zero attached hydrogens (tertiary/aromatic N) is 3. The number of carbonyl (C=O) groups excluding carboxylic acids is 1. The van der Waals surface area contributed by atoms with Gasteiger partial charge in [0.05, 0.1) is 12.3 Å². The summed E-state index contributed by atoms with van der Waals surface area (Å²) in [5.41, 5.74) is 1.65. The lowest BCUT2D eigenvalue weighted by atomic mass is 9.86. The minimum atomic E-state index is -3.36. The number of hydrogen-bond donors (Lipinski definition) is 0. The molecule has 0 spiro atoms. The number of halogens is 6. The molecule has 4 aromatic rings. The fraction of sp³-hybridized carbons (Fsp3) is 0.344. The van der Waals surface area contributed by atoms with Crippen LogP contribution in [0.15, 0.2) is 60.8 Å².